The molecule has 33 heavy (non-hydrogen) atoms. The largest absolute Gasteiger partial charge is 0.494 e. The molecule has 0 unspecified atom stereocenters. The van der Waals surface area contributed by atoms with E-state index >= 15 is 0 Å². The molecule has 1 N–H and O–H groups in total. The number of rotatable bonds is 8. The fourth-order valence-corrected chi connectivity index (χ4v) is 4.00. The van der Waals surface area contributed by atoms with Gasteiger partial charge in [0.1, 0.15) is 23.1 Å². The van der Waals surface area contributed by atoms with E-state index in [2.05, 4.69) is 15.4 Å². The number of carbonyl (C=O) groups excluding carboxylic acids is 1. The van der Waals surface area contributed by atoms with Gasteiger partial charge >= 0.3 is 0 Å². The maximum atomic E-state index is 12.5. The molecule has 1 amide bonds. The van der Waals surface area contributed by atoms with Crippen LogP contribution in [0.3, 0.4) is 0 Å². The van der Waals surface area contributed by atoms with Crippen molar-refractivity contribution in [3.8, 4) is 11.5 Å². The molecule has 0 atom stereocenters. The van der Waals surface area contributed by atoms with Crippen molar-refractivity contribution in [2.24, 2.45) is 0 Å². The normalized spacial score (nSPS) is 11.0. The average Bonchev–Trinajstić information content (AvgIpc) is 3.24. The highest BCUT2D eigenvalue weighted by atomic mass is 32.1. The van der Waals surface area contributed by atoms with Crippen molar-refractivity contribution in [3.63, 3.8) is 0 Å². The summed E-state index contributed by atoms with van der Waals surface area (Å²) in [6.07, 6.45) is 0. The molecule has 170 valence electrons. The molecular weight excluding hydrogens is 440 g/mol. The van der Waals surface area contributed by atoms with Crippen LogP contribution in [0.2, 0.25) is 0 Å². The van der Waals surface area contributed by atoms with Gasteiger partial charge in [0.2, 0.25) is 4.96 Å². The van der Waals surface area contributed by atoms with Crippen molar-refractivity contribution >= 4 is 27.9 Å². The van der Waals surface area contributed by atoms with Gasteiger partial charge in [0, 0.05) is 29.3 Å². The quantitative estimate of drug-likeness (QED) is 0.412. The van der Waals surface area contributed by atoms with Crippen molar-refractivity contribution in [3.05, 3.63) is 81.2 Å². The second kappa shape index (κ2) is 9.83. The van der Waals surface area contributed by atoms with E-state index in [1.807, 2.05) is 20.8 Å². The van der Waals surface area contributed by atoms with E-state index in [1.54, 1.807) is 48.5 Å². The highest BCUT2D eigenvalue weighted by molar-refractivity contribution is 7.16. The Hall–Kier alpha value is -3.72. The molecule has 0 fully saturated rings. The number of anilines is 1. The summed E-state index contributed by atoms with van der Waals surface area (Å²) in [6, 6.07) is 15.4. The number of ether oxygens (including phenoxy) is 2. The predicted octanol–water partition coefficient (Wildman–Crippen LogP) is 4.50. The molecule has 0 saturated heterocycles. The molecule has 4 rings (SSSR count). The summed E-state index contributed by atoms with van der Waals surface area (Å²) in [7, 11) is 0. The van der Waals surface area contributed by atoms with E-state index in [9.17, 15) is 9.59 Å². The van der Waals surface area contributed by atoms with Gasteiger partial charge in [0.25, 0.3) is 11.5 Å². The second-order valence-electron chi connectivity index (χ2n) is 7.60. The zero-order valence-electron chi connectivity index (χ0n) is 18.6. The Morgan fingerprint density at radius 2 is 1.88 bits per heavy atom. The monoisotopic (exact) mass is 464 g/mol. The van der Waals surface area contributed by atoms with Crippen LogP contribution in [0.25, 0.3) is 4.96 Å². The van der Waals surface area contributed by atoms with Crippen LogP contribution in [0.15, 0.2) is 59.4 Å². The maximum absolute atomic E-state index is 12.5. The summed E-state index contributed by atoms with van der Waals surface area (Å²) >= 11 is 1.40. The first-order valence-corrected chi connectivity index (χ1v) is 11.4. The molecule has 2 aromatic carbocycles. The smallest absolute Gasteiger partial charge is 0.275 e. The van der Waals surface area contributed by atoms with E-state index in [-0.39, 0.29) is 24.0 Å². The Bertz CT molecular complexity index is 1330. The molecule has 0 radical (unpaired) electrons. The van der Waals surface area contributed by atoms with Gasteiger partial charge in [0.15, 0.2) is 0 Å². The Kier molecular flexibility index (Phi) is 6.69. The molecule has 2 heterocycles. The average molecular weight is 465 g/mol. The van der Waals surface area contributed by atoms with Crippen LogP contribution in [0, 0.1) is 0 Å². The molecule has 0 spiro atoms. The minimum absolute atomic E-state index is 0.122. The third-order valence-electron chi connectivity index (χ3n) is 4.71. The number of nitrogens with one attached hydrogen (secondary N) is 1. The zero-order valence-corrected chi connectivity index (χ0v) is 19.4. The highest BCUT2D eigenvalue weighted by Crippen LogP contribution is 2.22. The molecular formula is C24H24N4O4S. The van der Waals surface area contributed by atoms with Crippen molar-refractivity contribution < 1.29 is 14.3 Å². The fourth-order valence-electron chi connectivity index (χ4n) is 3.07. The third-order valence-corrected chi connectivity index (χ3v) is 5.92. The van der Waals surface area contributed by atoms with Gasteiger partial charge in [-0.25, -0.2) is 4.98 Å². The second-order valence-corrected chi connectivity index (χ2v) is 8.59. The van der Waals surface area contributed by atoms with E-state index in [0.717, 1.165) is 10.8 Å². The summed E-state index contributed by atoms with van der Waals surface area (Å²) < 4.78 is 12.6. The minimum atomic E-state index is -0.238. The Balaban J connectivity index is 1.43. The molecule has 2 aromatic heterocycles. The first kappa shape index (κ1) is 22.5. The summed E-state index contributed by atoms with van der Waals surface area (Å²) in [4.78, 5) is 30.0. The van der Waals surface area contributed by atoms with Gasteiger partial charge in [-0.05, 0) is 43.3 Å². The fraction of sp³-hybridized carbons (Fsp3) is 0.250. The number of hydrogen-bond donors (Lipinski definition) is 1. The minimum Gasteiger partial charge on any atom is -0.494 e. The van der Waals surface area contributed by atoms with E-state index in [0.29, 0.717) is 34.3 Å². The first-order valence-electron chi connectivity index (χ1n) is 10.6. The molecule has 0 aliphatic carbocycles. The number of carbonyl (C=O) groups is 1. The lowest BCUT2D eigenvalue weighted by atomic mass is 10.2. The predicted molar refractivity (Wildman–Crippen MR) is 128 cm³/mol. The van der Waals surface area contributed by atoms with Crippen molar-refractivity contribution in [2.75, 3.05) is 11.9 Å². The van der Waals surface area contributed by atoms with Gasteiger partial charge < -0.3 is 14.8 Å². The van der Waals surface area contributed by atoms with Crippen LogP contribution in [-0.2, 0) is 6.61 Å². The van der Waals surface area contributed by atoms with Crippen molar-refractivity contribution in [2.45, 2.75) is 33.3 Å². The first-order chi connectivity index (χ1) is 15.9. The Labute approximate surface area is 194 Å². The number of amides is 1. The molecule has 0 bridgehead atoms. The standard InChI is InChI=1S/C24H24N4O4S/c1-4-31-19-10-8-16(9-11-19)22(30)25-17-6-5-7-20(12-17)32-14-18-13-21(29)28-24(26-18)33-23(27-28)15(2)3/h5-13,15H,4,14H2,1-3H3,(H,25,30). The van der Waals surface area contributed by atoms with Gasteiger partial charge in [0.05, 0.1) is 12.3 Å². The van der Waals surface area contributed by atoms with Crippen LogP contribution in [0.5, 0.6) is 11.5 Å². The maximum Gasteiger partial charge on any atom is 0.275 e. The zero-order chi connectivity index (χ0) is 23.4. The highest BCUT2D eigenvalue weighted by Gasteiger charge is 2.12. The molecule has 0 aliphatic rings. The van der Waals surface area contributed by atoms with Crippen LogP contribution in [0.4, 0.5) is 5.69 Å². The van der Waals surface area contributed by atoms with Gasteiger partial charge in [-0.1, -0.05) is 31.3 Å². The lowest BCUT2D eigenvalue weighted by molar-refractivity contribution is 0.102. The Morgan fingerprint density at radius 1 is 1.09 bits per heavy atom. The van der Waals surface area contributed by atoms with Crippen LogP contribution in [0.1, 0.15) is 47.7 Å². The van der Waals surface area contributed by atoms with Crippen molar-refractivity contribution in [1.82, 2.24) is 14.6 Å². The van der Waals surface area contributed by atoms with Crippen LogP contribution >= 0.6 is 11.3 Å². The van der Waals surface area contributed by atoms with Crippen LogP contribution in [-0.4, -0.2) is 27.1 Å². The molecule has 0 saturated carbocycles. The number of aromatic nitrogens is 3. The van der Waals surface area contributed by atoms with E-state index in [4.69, 9.17) is 9.47 Å². The number of fused-ring (bicyclic) bond motifs is 1. The van der Waals surface area contributed by atoms with E-state index in [1.165, 1.54) is 21.9 Å². The van der Waals surface area contributed by atoms with E-state index < -0.39 is 0 Å². The van der Waals surface area contributed by atoms with Gasteiger partial charge in [-0.3, -0.25) is 9.59 Å². The number of hydrogen-bond acceptors (Lipinski definition) is 7. The number of nitrogens with zero attached hydrogens (tertiary/aromatic N) is 3. The number of benzene rings is 2. The third kappa shape index (κ3) is 5.38. The van der Waals surface area contributed by atoms with Crippen LogP contribution < -0.4 is 20.3 Å². The molecule has 9 heteroatoms. The summed E-state index contributed by atoms with van der Waals surface area (Å²) in [5.41, 5.74) is 1.40. The van der Waals surface area contributed by atoms with Crippen molar-refractivity contribution in [1.29, 1.82) is 0 Å². The molecule has 0 aliphatic heterocycles. The molecule has 8 nitrogen and oxygen atoms in total. The van der Waals surface area contributed by atoms with Gasteiger partial charge in [-0.2, -0.15) is 9.61 Å². The summed E-state index contributed by atoms with van der Waals surface area (Å²) in [5.74, 6) is 1.25. The summed E-state index contributed by atoms with van der Waals surface area (Å²) in [5, 5.41) is 8.04. The Morgan fingerprint density at radius 3 is 2.61 bits per heavy atom. The molecule has 4 aromatic rings. The summed E-state index contributed by atoms with van der Waals surface area (Å²) in [6.45, 7) is 6.64. The van der Waals surface area contributed by atoms with Gasteiger partial charge in [-0.15, -0.1) is 0 Å². The topological polar surface area (TPSA) is 94.8 Å². The lowest BCUT2D eigenvalue weighted by Crippen LogP contribution is -2.16. The lowest BCUT2D eigenvalue weighted by Gasteiger charge is -2.10. The SMILES string of the molecule is CCOc1ccc(C(=O)Nc2cccc(OCc3cc(=O)n4nc(C(C)C)sc4n3)c2)cc1.